The van der Waals surface area contributed by atoms with Crippen LogP contribution in [0, 0.1) is 12.3 Å². The Morgan fingerprint density at radius 2 is 2.04 bits per heavy atom. The van der Waals surface area contributed by atoms with Crippen LogP contribution in [-0.4, -0.2) is 20.9 Å². The van der Waals surface area contributed by atoms with Gasteiger partial charge >= 0.3 is 0 Å². The van der Waals surface area contributed by atoms with Gasteiger partial charge in [-0.3, -0.25) is 4.79 Å². The molecule has 0 saturated heterocycles. The summed E-state index contributed by atoms with van der Waals surface area (Å²) >= 11 is 0. The summed E-state index contributed by atoms with van der Waals surface area (Å²) in [4.78, 5) is 23.3. The average Bonchev–Trinajstić information content (AvgIpc) is 2.94. The van der Waals surface area contributed by atoms with Crippen LogP contribution >= 0.6 is 0 Å². The second-order valence-corrected chi connectivity index (χ2v) is 6.30. The molecule has 0 atom stereocenters. The Labute approximate surface area is 141 Å². The number of carbonyl (C=O) groups excluding carboxylic acids is 1. The van der Waals surface area contributed by atoms with E-state index in [2.05, 4.69) is 40.5 Å². The van der Waals surface area contributed by atoms with E-state index in [9.17, 15) is 4.79 Å². The number of aromatic amines is 1. The van der Waals surface area contributed by atoms with Gasteiger partial charge < -0.3 is 10.3 Å². The number of pyridine rings is 1. The summed E-state index contributed by atoms with van der Waals surface area (Å²) in [6.45, 7) is 5.85. The molecule has 0 unspecified atom stereocenters. The Morgan fingerprint density at radius 1 is 1.25 bits per heavy atom. The van der Waals surface area contributed by atoms with Crippen LogP contribution in [0.15, 0.2) is 36.5 Å². The van der Waals surface area contributed by atoms with Crippen LogP contribution in [0.4, 0.5) is 5.82 Å². The Hall–Kier alpha value is -2.69. The summed E-state index contributed by atoms with van der Waals surface area (Å²) in [5.74, 6) is 1.93. The molecule has 0 aliphatic carbocycles. The average molecular weight is 321 g/mol. The number of nitrogens with zero attached hydrogens (tertiary/aromatic N) is 2. The maximum atomic E-state index is 11.2. The molecule has 5 nitrogen and oxygen atoms in total. The van der Waals surface area contributed by atoms with E-state index in [1.165, 1.54) is 6.92 Å². The number of rotatable bonds is 5. The summed E-state index contributed by atoms with van der Waals surface area (Å²) in [6, 6.07) is 9.90. The molecule has 123 valence electrons. The highest BCUT2D eigenvalue weighted by Crippen LogP contribution is 2.25. The van der Waals surface area contributed by atoms with E-state index in [4.69, 9.17) is 0 Å². The zero-order chi connectivity index (χ0) is 17.1. The van der Waals surface area contributed by atoms with Gasteiger partial charge in [0.2, 0.25) is 5.91 Å². The molecule has 0 aliphatic heterocycles. The third-order valence-electron chi connectivity index (χ3n) is 3.68. The number of benzene rings is 1. The molecule has 2 N–H and O–H groups in total. The van der Waals surface area contributed by atoms with Crippen LogP contribution in [0.5, 0.6) is 0 Å². The van der Waals surface area contributed by atoms with Gasteiger partial charge in [-0.2, -0.15) is 0 Å². The van der Waals surface area contributed by atoms with Crippen molar-refractivity contribution in [2.75, 3.05) is 5.32 Å². The molecule has 3 rings (SSSR count). The predicted octanol–water partition coefficient (Wildman–Crippen LogP) is 4.18. The van der Waals surface area contributed by atoms with Crippen LogP contribution in [0.1, 0.15) is 33.0 Å². The smallest absolute Gasteiger partial charge is 0.222 e. The van der Waals surface area contributed by atoms with Crippen molar-refractivity contribution in [1.82, 2.24) is 15.0 Å². The predicted molar refractivity (Wildman–Crippen MR) is 96.5 cm³/mol. The number of hydrogen-bond acceptors (Lipinski definition) is 3. The fraction of sp³-hybridized carbons (Fsp3) is 0.263. The number of aromatic nitrogens is 3. The van der Waals surface area contributed by atoms with Gasteiger partial charge in [0, 0.05) is 19.5 Å². The molecule has 3 aromatic rings. The van der Waals surface area contributed by atoms with Crippen LogP contribution in [0.25, 0.3) is 22.2 Å². The lowest BCUT2D eigenvalue weighted by molar-refractivity contribution is -0.114. The molecule has 0 aliphatic rings. The lowest BCUT2D eigenvalue weighted by atomic mass is 10.1. The largest absolute Gasteiger partial charge is 0.342 e. The Balaban J connectivity index is 1.88. The minimum Gasteiger partial charge on any atom is -0.342 e. The molecule has 2 aromatic heterocycles. The van der Waals surface area contributed by atoms with Crippen molar-refractivity contribution in [3.63, 3.8) is 0 Å². The number of fused-ring (bicyclic) bond motifs is 1. The molecular weight excluding hydrogens is 300 g/mol. The summed E-state index contributed by atoms with van der Waals surface area (Å²) in [7, 11) is 0. The number of H-pyrrole nitrogens is 1. The molecule has 2 heterocycles. The minimum absolute atomic E-state index is 0.132. The van der Waals surface area contributed by atoms with Crippen molar-refractivity contribution in [3.8, 4) is 11.1 Å². The lowest BCUT2D eigenvalue weighted by Gasteiger charge is -2.05. The van der Waals surface area contributed by atoms with Gasteiger partial charge in [-0.1, -0.05) is 19.9 Å². The molecule has 0 saturated carbocycles. The maximum Gasteiger partial charge on any atom is 0.222 e. The molecule has 1 radical (unpaired) electrons. The second kappa shape index (κ2) is 6.83. The van der Waals surface area contributed by atoms with E-state index in [1.807, 2.05) is 30.3 Å². The van der Waals surface area contributed by atoms with E-state index < -0.39 is 0 Å². The van der Waals surface area contributed by atoms with E-state index >= 15 is 0 Å². The SMILES string of the molecule is CC(=O)Nc1cc(-c2ccc3[nH]c([CH]CC(C)C)nc3c2)ccn1. The number of nitrogens with one attached hydrogen (secondary N) is 2. The standard InChI is InChI=1S/C19H21N4O/c1-12(2)4-7-18-22-16-6-5-14(10-17(16)23-18)15-8-9-20-19(11-15)21-13(3)24/h5-12H,4H2,1-3H3,(H,22,23)(H,20,21,24). The van der Waals surface area contributed by atoms with Crippen molar-refractivity contribution in [1.29, 1.82) is 0 Å². The van der Waals surface area contributed by atoms with Crippen molar-refractivity contribution < 1.29 is 4.79 Å². The van der Waals surface area contributed by atoms with Crippen LogP contribution in [-0.2, 0) is 4.79 Å². The molecule has 1 aromatic carbocycles. The number of anilines is 1. The molecule has 0 bridgehead atoms. The zero-order valence-electron chi connectivity index (χ0n) is 14.1. The summed E-state index contributed by atoms with van der Waals surface area (Å²) in [6.07, 6.45) is 4.82. The van der Waals surface area contributed by atoms with Crippen LogP contribution < -0.4 is 5.32 Å². The fourth-order valence-electron chi connectivity index (χ4n) is 2.51. The van der Waals surface area contributed by atoms with Gasteiger partial charge in [-0.25, -0.2) is 9.97 Å². The van der Waals surface area contributed by atoms with Gasteiger partial charge in [-0.05, 0) is 47.7 Å². The number of imidazole rings is 1. The van der Waals surface area contributed by atoms with Gasteiger partial charge in [0.15, 0.2) is 0 Å². The highest BCUT2D eigenvalue weighted by Gasteiger charge is 2.07. The van der Waals surface area contributed by atoms with E-state index in [1.54, 1.807) is 6.20 Å². The van der Waals surface area contributed by atoms with E-state index in [-0.39, 0.29) is 5.91 Å². The Morgan fingerprint density at radius 3 is 2.79 bits per heavy atom. The van der Waals surface area contributed by atoms with Gasteiger partial charge in [-0.15, -0.1) is 0 Å². The van der Waals surface area contributed by atoms with E-state index in [0.717, 1.165) is 34.4 Å². The lowest BCUT2D eigenvalue weighted by Crippen LogP contribution is -2.07. The quantitative estimate of drug-likeness (QED) is 0.740. The first-order valence-corrected chi connectivity index (χ1v) is 8.08. The molecule has 0 spiro atoms. The molecule has 5 heteroatoms. The van der Waals surface area contributed by atoms with Gasteiger partial charge in [0.25, 0.3) is 0 Å². The molecule has 1 amide bonds. The second-order valence-electron chi connectivity index (χ2n) is 6.30. The third-order valence-corrected chi connectivity index (χ3v) is 3.68. The first kappa shape index (κ1) is 16.2. The number of hydrogen-bond donors (Lipinski definition) is 2. The van der Waals surface area contributed by atoms with Crippen LogP contribution in [0.2, 0.25) is 0 Å². The fourth-order valence-corrected chi connectivity index (χ4v) is 2.51. The Bertz CT molecular complexity index is 867. The van der Waals surface area contributed by atoms with Crippen molar-refractivity contribution >= 4 is 22.8 Å². The number of amides is 1. The summed E-state index contributed by atoms with van der Waals surface area (Å²) in [5, 5.41) is 2.71. The highest BCUT2D eigenvalue weighted by molar-refractivity contribution is 5.89. The molecular formula is C19H21N4O. The summed E-state index contributed by atoms with van der Waals surface area (Å²) < 4.78 is 0. The van der Waals surface area contributed by atoms with Crippen molar-refractivity contribution in [2.45, 2.75) is 27.2 Å². The summed E-state index contributed by atoms with van der Waals surface area (Å²) in [5.41, 5.74) is 3.98. The van der Waals surface area contributed by atoms with Crippen molar-refractivity contribution in [3.05, 3.63) is 48.8 Å². The number of carbonyl (C=O) groups is 1. The first-order valence-electron chi connectivity index (χ1n) is 8.08. The third kappa shape index (κ3) is 3.79. The van der Waals surface area contributed by atoms with Gasteiger partial charge in [0.05, 0.1) is 11.0 Å². The monoisotopic (exact) mass is 321 g/mol. The van der Waals surface area contributed by atoms with Gasteiger partial charge in [0.1, 0.15) is 11.6 Å². The minimum atomic E-state index is -0.132. The highest BCUT2D eigenvalue weighted by atomic mass is 16.1. The Kier molecular flexibility index (Phi) is 4.60. The molecule has 24 heavy (non-hydrogen) atoms. The zero-order valence-corrected chi connectivity index (χ0v) is 14.1. The maximum absolute atomic E-state index is 11.2. The first-order chi connectivity index (χ1) is 11.5. The van der Waals surface area contributed by atoms with Crippen molar-refractivity contribution in [2.24, 2.45) is 5.92 Å². The molecule has 0 fully saturated rings. The topological polar surface area (TPSA) is 70.7 Å². The van der Waals surface area contributed by atoms with E-state index in [0.29, 0.717) is 11.7 Å². The van der Waals surface area contributed by atoms with Crippen LogP contribution in [0.3, 0.4) is 0 Å². The normalized spacial score (nSPS) is 11.2.